The number of ether oxygens (including phenoxy) is 1. The molecule has 0 amide bonds. The summed E-state index contributed by atoms with van der Waals surface area (Å²) < 4.78 is 46.7. The molecule has 27 heavy (non-hydrogen) atoms. The first-order chi connectivity index (χ1) is 12.9. The first-order valence-electron chi connectivity index (χ1n) is 9.11. The molecule has 0 bridgehead atoms. The fourth-order valence-electron chi connectivity index (χ4n) is 3.03. The van der Waals surface area contributed by atoms with Crippen molar-refractivity contribution in [2.75, 3.05) is 6.61 Å². The molecule has 0 unspecified atom stereocenters. The number of rotatable bonds is 7. The maximum absolute atomic E-state index is 13.3. The minimum atomic E-state index is -4.46. The van der Waals surface area contributed by atoms with Crippen LogP contribution in [0.5, 0.6) is 5.75 Å². The van der Waals surface area contributed by atoms with Crippen molar-refractivity contribution in [1.82, 2.24) is 9.55 Å². The van der Waals surface area contributed by atoms with E-state index in [2.05, 4.69) is 18.8 Å². The number of hydrogen-bond donors (Lipinski definition) is 0. The second-order valence-corrected chi connectivity index (χ2v) is 6.85. The maximum Gasteiger partial charge on any atom is 0.449 e. The summed E-state index contributed by atoms with van der Waals surface area (Å²) in [6.07, 6.45) is -3.23. The topological polar surface area (TPSA) is 27.1 Å². The number of aryl methyl sites for hydroxylation is 1. The molecule has 0 spiro atoms. The van der Waals surface area contributed by atoms with E-state index in [4.69, 9.17) is 4.74 Å². The number of aromatic nitrogens is 2. The van der Waals surface area contributed by atoms with E-state index in [0.29, 0.717) is 36.4 Å². The predicted octanol–water partition coefficient (Wildman–Crippen LogP) is 6.04. The lowest BCUT2D eigenvalue weighted by molar-refractivity contribution is -0.147. The molecule has 0 saturated carbocycles. The van der Waals surface area contributed by atoms with Crippen LogP contribution in [0.4, 0.5) is 13.2 Å². The van der Waals surface area contributed by atoms with E-state index >= 15 is 0 Å². The van der Waals surface area contributed by atoms with Crippen LogP contribution in [0.15, 0.2) is 48.5 Å². The predicted molar refractivity (Wildman–Crippen MR) is 100.0 cm³/mol. The third kappa shape index (κ3) is 4.62. The monoisotopic (exact) mass is 376 g/mol. The van der Waals surface area contributed by atoms with Gasteiger partial charge in [-0.15, -0.1) is 0 Å². The third-order valence-electron chi connectivity index (χ3n) is 4.50. The van der Waals surface area contributed by atoms with Crippen LogP contribution in [0.3, 0.4) is 0 Å². The number of unbranched alkanes of at least 4 members (excludes halogenated alkanes) is 1. The summed E-state index contributed by atoms with van der Waals surface area (Å²) in [6.45, 7) is 4.98. The van der Waals surface area contributed by atoms with Crippen LogP contribution in [0, 0.1) is 0 Å². The Kier molecular flexibility index (Phi) is 5.73. The van der Waals surface area contributed by atoms with Gasteiger partial charge in [-0.25, -0.2) is 4.98 Å². The lowest BCUT2D eigenvalue weighted by Gasteiger charge is -2.12. The quantitative estimate of drug-likeness (QED) is 0.470. The van der Waals surface area contributed by atoms with E-state index in [1.54, 1.807) is 24.3 Å². The molecule has 0 aliphatic carbocycles. The molecule has 2 aromatic carbocycles. The number of nitrogens with zero attached hydrogens (tertiary/aromatic N) is 2. The first kappa shape index (κ1) is 19.3. The lowest BCUT2D eigenvalue weighted by Crippen LogP contribution is -2.15. The van der Waals surface area contributed by atoms with E-state index < -0.39 is 12.0 Å². The molecule has 0 saturated heterocycles. The first-order valence-corrected chi connectivity index (χ1v) is 9.11. The molecule has 0 aliphatic rings. The molecule has 0 aliphatic heterocycles. The van der Waals surface area contributed by atoms with Gasteiger partial charge in [-0.3, -0.25) is 0 Å². The number of fused-ring (bicyclic) bond motifs is 1. The van der Waals surface area contributed by atoms with Crippen LogP contribution >= 0.6 is 0 Å². The Morgan fingerprint density at radius 3 is 2.37 bits per heavy atom. The van der Waals surface area contributed by atoms with Gasteiger partial charge in [0.05, 0.1) is 17.6 Å². The molecule has 144 valence electrons. The number of hydrogen-bond acceptors (Lipinski definition) is 2. The van der Waals surface area contributed by atoms with Gasteiger partial charge in [0.15, 0.2) is 0 Å². The molecule has 1 heterocycles. The summed E-state index contributed by atoms with van der Waals surface area (Å²) in [4.78, 5) is 3.76. The fraction of sp³-hybridized carbons (Fsp3) is 0.381. The highest BCUT2D eigenvalue weighted by atomic mass is 19.4. The van der Waals surface area contributed by atoms with Gasteiger partial charge < -0.3 is 9.30 Å². The highest BCUT2D eigenvalue weighted by Gasteiger charge is 2.37. The van der Waals surface area contributed by atoms with E-state index in [0.717, 1.165) is 5.75 Å². The van der Waals surface area contributed by atoms with Gasteiger partial charge in [0.1, 0.15) is 5.75 Å². The Balaban J connectivity index is 1.57. The average molecular weight is 376 g/mol. The van der Waals surface area contributed by atoms with Crippen molar-refractivity contribution < 1.29 is 17.9 Å². The normalized spacial score (nSPS) is 12.1. The summed E-state index contributed by atoms with van der Waals surface area (Å²) in [7, 11) is 0. The molecule has 0 fully saturated rings. The minimum absolute atomic E-state index is 0.255. The molecule has 0 N–H and O–H groups in total. The van der Waals surface area contributed by atoms with Crippen molar-refractivity contribution in [3.63, 3.8) is 0 Å². The van der Waals surface area contributed by atoms with Crippen molar-refractivity contribution in [2.24, 2.45) is 0 Å². The van der Waals surface area contributed by atoms with Crippen LogP contribution in [0.1, 0.15) is 44.0 Å². The zero-order valence-electron chi connectivity index (χ0n) is 15.5. The Hall–Kier alpha value is -2.50. The van der Waals surface area contributed by atoms with Crippen LogP contribution in [-0.4, -0.2) is 16.2 Å². The molecule has 3 nitrogen and oxygen atoms in total. The molecule has 6 heteroatoms. The highest BCUT2D eigenvalue weighted by molar-refractivity contribution is 5.76. The molecule has 3 rings (SSSR count). The third-order valence-corrected chi connectivity index (χ3v) is 4.50. The second kappa shape index (κ2) is 8.03. The van der Waals surface area contributed by atoms with Crippen LogP contribution < -0.4 is 4.74 Å². The zero-order chi connectivity index (χ0) is 19.4. The van der Waals surface area contributed by atoms with Gasteiger partial charge in [0, 0.05) is 6.54 Å². The summed E-state index contributed by atoms with van der Waals surface area (Å²) in [6, 6.07) is 14.6. The van der Waals surface area contributed by atoms with Gasteiger partial charge in [0.25, 0.3) is 0 Å². The van der Waals surface area contributed by atoms with Crippen molar-refractivity contribution in [3.8, 4) is 5.75 Å². The number of halogens is 3. The highest BCUT2D eigenvalue weighted by Crippen LogP contribution is 2.31. The average Bonchev–Trinajstić information content (AvgIpc) is 3.01. The second-order valence-electron chi connectivity index (χ2n) is 6.85. The standard InChI is InChI=1S/C21H23F3N2O/c1-15(2)16-9-11-17(12-10-16)27-14-6-5-13-26-19-8-4-3-7-18(19)25-20(26)21(22,23)24/h3-4,7-12,15H,5-6,13-14H2,1-2H3. The molecular weight excluding hydrogens is 353 g/mol. The largest absolute Gasteiger partial charge is 0.494 e. The zero-order valence-corrected chi connectivity index (χ0v) is 15.5. The molecule has 0 atom stereocenters. The number of alkyl halides is 3. The van der Waals surface area contributed by atoms with Crippen molar-refractivity contribution >= 4 is 11.0 Å². The summed E-state index contributed by atoms with van der Waals surface area (Å²) in [5, 5.41) is 0. The van der Waals surface area contributed by atoms with E-state index in [-0.39, 0.29) is 6.54 Å². The molecule has 1 aromatic heterocycles. The fourth-order valence-corrected chi connectivity index (χ4v) is 3.03. The molecule has 3 aromatic rings. The number of para-hydroxylation sites is 2. The smallest absolute Gasteiger partial charge is 0.449 e. The molecule has 0 radical (unpaired) electrons. The van der Waals surface area contributed by atoms with E-state index in [9.17, 15) is 13.2 Å². The Labute approximate surface area is 156 Å². The summed E-state index contributed by atoms with van der Waals surface area (Å²) in [5.41, 5.74) is 2.12. The minimum Gasteiger partial charge on any atom is -0.494 e. The van der Waals surface area contributed by atoms with Gasteiger partial charge in [-0.1, -0.05) is 38.1 Å². The Morgan fingerprint density at radius 1 is 1.00 bits per heavy atom. The van der Waals surface area contributed by atoms with Crippen molar-refractivity contribution in [2.45, 2.75) is 45.3 Å². The van der Waals surface area contributed by atoms with Crippen LogP contribution in [-0.2, 0) is 12.7 Å². The Morgan fingerprint density at radius 2 is 1.70 bits per heavy atom. The summed E-state index contributed by atoms with van der Waals surface area (Å²) in [5.74, 6) is 0.407. The van der Waals surface area contributed by atoms with Gasteiger partial charge in [-0.2, -0.15) is 13.2 Å². The summed E-state index contributed by atoms with van der Waals surface area (Å²) >= 11 is 0. The van der Waals surface area contributed by atoms with Crippen LogP contribution in [0.25, 0.3) is 11.0 Å². The SMILES string of the molecule is CC(C)c1ccc(OCCCCn2c(C(F)(F)F)nc3ccccc32)cc1. The number of benzene rings is 2. The molecular formula is C21H23F3N2O. The van der Waals surface area contributed by atoms with Gasteiger partial charge in [0.2, 0.25) is 5.82 Å². The van der Waals surface area contributed by atoms with Crippen LogP contribution in [0.2, 0.25) is 0 Å². The van der Waals surface area contributed by atoms with Gasteiger partial charge >= 0.3 is 6.18 Å². The van der Waals surface area contributed by atoms with E-state index in [1.165, 1.54) is 10.1 Å². The van der Waals surface area contributed by atoms with Crippen molar-refractivity contribution in [1.29, 1.82) is 0 Å². The van der Waals surface area contributed by atoms with Crippen molar-refractivity contribution in [3.05, 3.63) is 59.9 Å². The Bertz CT molecular complexity index is 883. The lowest BCUT2D eigenvalue weighted by atomic mass is 10.0. The number of imidazole rings is 1. The van der Waals surface area contributed by atoms with Gasteiger partial charge in [-0.05, 0) is 48.6 Å². The van der Waals surface area contributed by atoms with E-state index in [1.807, 2.05) is 24.3 Å². The maximum atomic E-state index is 13.3.